The maximum absolute atomic E-state index is 12.6. The van der Waals surface area contributed by atoms with Gasteiger partial charge in [-0.15, -0.1) is 12.4 Å². The normalized spacial score (nSPS) is 15.4. The van der Waals surface area contributed by atoms with Crippen LogP contribution in [-0.4, -0.2) is 35.8 Å². The minimum atomic E-state index is -0.621. The van der Waals surface area contributed by atoms with Gasteiger partial charge in [0.15, 0.2) is 0 Å². The van der Waals surface area contributed by atoms with E-state index in [4.69, 9.17) is 5.73 Å². The second-order valence-corrected chi connectivity index (χ2v) is 7.34. The summed E-state index contributed by atoms with van der Waals surface area (Å²) in [4.78, 5) is 26.8. The number of likely N-dealkylation sites (tertiary alicyclic amines) is 1. The number of nitrogens with zero attached hydrogens (tertiary/aromatic N) is 1. The number of carbonyl (C=O) groups excluding carboxylic acids is 2. The molecule has 28 heavy (non-hydrogen) atoms. The molecule has 150 valence electrons. The van der Waals surface area contributed by atoms with Gasteiger partial charge in [0.1, 0.15) is 0 Å². The lowest BCUT2D eigenvalue weighted by Gasteiger charge is -2.30. The van der Waals surface area contributed by atoms with Crippen molar-refractivity contribution in [2.24, 2.45) is 11.7 Å². The van der Waals surface area contributed by atoms with E-state index in [1.54, 1.807) is 24.3 Å². The number of benzene rings is 2. The van der Waals surface area contributed by atoms with Gasteiger partial charge in [-0.1, -0.05) is 37.3 Å². The van der Waals surface area contributed by atoms with Crippen molar-refractivity contribution >= 4 is 29.9 Å². The summed E-state index contributed by atoms with van der Waals surface area (Å²) in [5, 5.41) is 2.82. The first-order valence-electron chi connectivity index (χ1n) is 9.52. The molecule has 2 aromatic carbocycles. The van der Waals surface area contributed by atoms with Gasteiger partial charge in [-0.05, 0) is 55.0 Å². The maximum atomic E-state index is 12.6. The average molecular weight is 402 g/mol. The molecular weight excluding hydrogens is 374 g/mol. The van der Waals surface area contributed by atoms with E-state index in [0.717, 1.165) is 31.5 Å². The molecule has 1 atom stereocenters. The Bertz CT molecular complexity index is 772. The number of rotatable bonds is 5. The summed E-state index contributed by atoms with van der Waals surface area (Å²) < 4.78 is 0. The van der Waals surface area contributed by atoms with Crippen LogP contribution in [0.15, 0.2) is 54.6 Å². The van der Waals surface area contributed by atoms with Crippen molar-refractivity contribution < 1.29 is 9.59 Å². The molecule has 1 aliphatic rings. The van der Waals surface area contributed by atoms with E-state index in [0.29, 0.717) is 23.6 Å². The van der Waals surface area contributed by atoms with Gasteiger partial charge in [-0.25, -0.2) is 0 Å². The number of hydrogen-bond donors (Lipinski definition) is 2. The molecule has 2 aromatic rings. The van der Waals surface area contributed by atoms with Crippen LogP contribution in [0.3, 0.4) is 0 Å². The third-order valence-electron chi connectivity index (χ3n) is 5.11. The molecule has 0 radical (unpaired) electrons. The fourth-order valence-corrected chi connectivity index (χ4v) is 3.29. The van der Waals surface area contributed by atoms with Crippen molar-refractivity contribution in [1.82, 2.24) is 4.90 Å². The highest BCUT2D eigenvalue weighted by Crippen LogP contribution is 2.19. The van der Waals surface area contributed by atoms with E-state index in [1.807, 2.05) is 35.2 Å². The molecule has 0 spiro atoms. The zero-order valence-electron chi connectivity index (χ0n) is 16.1. The van der Waals surface area contributed by atoms with Crippen LogP contribution in [0, 0.1) is 5.92 Å². The van der Waals surface area contributed by atoms with Gasteiger partial charge in [0.25, 0.3) is 5.91 Å². The summed E-state index contributed by atoms with van der Waals surface area (Å²) in [6.07, 6.45) is 2.59. The average Bonchev–Trinajstić information content (AvgIpc) is 2.69. The number of amides is 2. The highest BCUT2D eigenvalue weighted by molar-refractivity contribution is 5.97. The number of nitrogens with two attached hydrogens (primary N) is 1. The Hall–Kier alpha value is -2.37. The molecule has 2 amide bonds. The molecule has 3 N–H and O–H groups in total. The Labute approximate surface area is 172 Å². The Morgan fingerprint density at radius 3 is 2.29 bits per heavy atom. The summed E-state index contributed by atoms with van der Waals surface area (Å²) in [6.45, 7) is 3.85. The number of piperidine rings is 1. The number of nitrogens with one attached hydrogen (secondary N) is 1. The number of halogens is 1. The number of carbonyl (C=O) groups is 2. The van der Waals surface area contributed by atoms with E-state index in [-0.39, 0.29) is 24.2 Å². The van der Waals surface area contributed by atoms with Crippen LogP contribution in [0.25, 0.3) is 0 Å². The van der Waals surface area contributed by atoms with Gasteiger partial charge < -0.3 is 16.0 Å². The largest absolute Gasteiger partial charge is 0.339 e. The molecule has 0 aliphatic carbocycles. The van der Waals surface area contributed by atoms with Gasteiger partial charge in [-0.2, -0.15) is 0 Å². The molecule has 1 saturated heterocycles. The molecule has 6 heteroatoms. The Morgan fingerprint density at radius 1 is 1.07 bits per heavy atom. The summed E-state index contributed by atoms with van der Waals surface area (Å²) in [5.41, 5.74) is 8.33. The number of anilines is 1. The maximum Gasteiger partial charge on any atom is 0.253 e. The molecular formula is C22H28ClN3O2. The Morgan fingerprint density at radius 2 is 1.68 bits per heavy atom. The first kappa shape index (κ1) is 21.9. The van der Waals surface area contributed by atoms with E-state index in [2.05, 4.69) is 12.2 Å². The molecule has 5 nitrogen and oxygen atoms in total. The molecule has 1 aliphatic heterocycles. The van der Waals surface area contributed by atoms with E-state index < -0.39 is 6.04 Å². The van der Waals surface area contributed by atoms with E-state index in [1.165, 1.54) is 0 Å². The molecule has 1 heterocycles. The monoisotopic (exact) mass is 401 g/mol. The molecule has 0 aromatic heterocycles. The van der Waals surface area contributed by atoms with Gasteiger partial charge in [0.2, 0.25) is 5.91 Å². The van der Waals surface area contributed by atoms with Crippen LogP contribution in [0.4, 0.5) is 5.69 Å². The van der Waals surface area contributed by atoms with Crippen LogP contribution < -0.4 is 11.1 Å². The Balaban J connectivity index is 0.00000280. The van der Waals surface area contributed by atoms with Crippen LogP contribution in [0.1, 0.15) is 35.7 Å². The predicted molar refractivity (Wildman–Crippen MR) is 115 cm³/mol. The zero-order chi connectivity index (χ0) is 19.2. The fraction of sp³-hybridized carbons (Fsp3) is 0.364. The second kappa shape index (κ2) is 10.2. The third kappa shape index (κ3) is 5.81. The van der Waals surface area contributed by atoms with Gasteiger partial charge in [0.05, 0.1) is 6.04 Å². The molecule has 0 saturated carbocycles. The van der Waals surface area contributed by atoms with Crippen LogP contribution >= 0.6 is 12.4 Å². The second-order valence-electron chi connectivity index (χ2n) is 7.34. The topological polar surface area (TPSA) is 75.4 Å². The summed E-state index contributed by atoms with van der Waals surface area (Å²) in [5.74, 6) is 0.509. The van der Waals surface area contributed by atoms with Crippen LogP contribution in [0.2, 0.25) is 0 Å². The molecule has 3 rings (SSSR count). The lowest BCUT2D eigenvalue weighted by molar-refractivity contribution is -0.117. The van der Waals surface area contributed by atoms with Crippen molar-refractivity contribution in [3.63, 3.8) is 0 Å². The van der Waals surface area contributed by atoms with E-state index >= 15 is 0 Å². The lowest BCUT2D eigenvalue weighted by Crippen LogP contribution is -2.38. The highest BCUT2D eigenvalue weighted by atomic mass is 35.5. The SMILES string of the molecule is CC1CCN(C(=O)c2ccc(NC(=O)[C@@H](N)Cc3ccccc3)cc2)CC1.Cl. The predicted octanol–water partition coefficient (Wildman–Crippen LogP) is 3.49. The van der Waals surface area contributed by atoms with Gasteiger partial charge in [-0.3, -0.25) is 9.59 Å². The first-order valence-corrected chi connectivity index (χ1v) is 9.52. The summed E-state index contributed by atoms with van der Waals surface area (Å²) >= 11 is 0. The Kier molecular flexibility index (Phi) is 8.03. The van der Waals surface area contributed by atoms with E-state index in [9.17, 15) is 9.59 Å². The van der Waals surface area contributed by atoms with Gasteiger partial charge in [0, 0.05) is 24.3 Å². The molecule has 0 bridgehead atoms. The minimum Gasteiger partial charge on any atom is -0.339 e. The van der Waals surface area contributed by atoms with Crippen molar-refractivity contribution in [3.05, 3.63) is 65.7 Å². The summed E-state index contributed by atoms with van der Waals surface area (Å²) in [6, 6.07) is 16.1. The standard InChI is InChI=1S/C22H27N3O2.ClH/c1-16-11-13-25(14-12-16)22(27)18-7-9-19(10-8-18)24-21(26)20(23)15-17-5-3-2-4-6-17;/h2-10,16,20H,11-15,23H2,1H3,(H,24,26);1H/t20-;/m0./s1. The number of hydrogen-bond acceptors (Lipinski definition) is 3. The van der Waals surface area contributed by atoms with Crippen molar-refractivity contribution in [2.45, 2.75) is 32.2 Å². The van der Waals surface area contributed by atoms with Crippen molar-refractivity contribution in [1.29, 1.82) is 0 Å². The highest BCUT2D eigenvalue weighted by Gasteiger charge is 2.21. The van der Waals surface area contributed by atoms with Gasteiger partial charge >= 0.3 is 0 Å². The first-order chi connectivity index (χ1) is 13.0. The van der Waals surface area contributed by atoms with Crippen LogP contribution in [-0.2, 0) is 11.2 Å². The van der Waals surface area contributed by atoms with Crippen LogP contribution in [0.5, 0.6) is 0 Å². The summed E-state index contributed by atoms with van der Waals surface area (Å²) in [7, 11) is 0. The van der Waals surface area contributed by atoms with Crippen molar-refractivity contribution in [3.8, 4) is 0 Å². The zero-order valence-corrected chi connectivity index (χ0v) is 17.0. The molecule has 1 fully saturated rings. The lowest BCUT2D eigenvalue weighted by atomic mass is 9.98. The van der Waals surface area contributed by atoms with Crippen molar-refractivity contribution in [2.75, 3.05) is 18.4 Å². The fourth-order valence-electron chi connectivity index (χ4n) is 3.29. The smallest absolute Gasteiger partial charge is 0.253 e. The molecule has 0 unspecified atom stereocenters. The minimum absolute atomic E-state index is 0. The quantitative estimate of drug-likeness (QED) is 0.805. The third-order valence-corrected chi connectivity index (χ3v) is 5.11.